The first kappa shape index (κ1) is 16.7. The Morgan fingerprint density at radius 2 is 2.14 bits per heavy atom. The fourth-order valence-electron chi connectivity index (χ4n) is 2.72. The van der Waals surface area contributed by atoms with Gasteiger partial charge in [0.1, 0.15) is 10.7 Å². The van der Waals surface area contributed by atoms with Gasteiger partial charge in [0, 0.05) is 30.3 Å². The van der Waals surface area contributed by atoms with E-state index in [1.165, 1.54) is 4.31 Å². The molecule has 2 rings (SSSR count). The second-order valence-corrected chi connectivity index (χ2v) is 7.80. The minimum absolute atomic E-state index is 0.0363. The second kappa shape index (κ2) is 7.04. The van der Waals surface area contributed by atoms with E-state index in [4.69, 9.17) is 0 Å². The zero-order valence-electron chi connectivity index (χ0n) is 11.9. The summed E-state index contributed by atoms with van der Waals surface area (Å²) < 4.78 is 27.9. The first-order chi connectivity index (χ1) is 10.0. The number of aliphatic hydroxyl groups is 1. The topological polar surface area (TPSA) is 82.5 Å². The Morgan fingerprint density at radius 1 is 1.48 bits per heavy atom. The van der Waals surface area contributed by atoms with Gasteiger partial charge >= 0.3 is 0 Å². The van der Waals surface area contributed by atoms with Gasteiger partial charge in [-0.05, 0) is 34.8 Å². The van der Waals surface area contributed by atoms with Crippen LogP contribution in [0.2, 0.25) is 0 Å². The molecule has 1 aromatic rings. The maximum atomic E-state index is 13.0. The predicted molar refractivity (Wildman–Crippen MR) is 84.7 cm³/mol. The minimum atomic E-state index is -3.69. The van der Waals surface area contributed by atoms with Gasteiger partial charge in [-0.3, -0.25) is 0 Å². The normalized spacial score (nSPS) is 16.6. The van der Waals surface area contributed by atoms with E-state index in [2.05, 4.69) is 26.2 Å². The van der Waals surface area contributed by atoms with E-state index in [1.54, 1.807) is 19.3 Å². The Hall–Kier alpha value is -0.700. The minimum Gasteiger partial charge on any atom is -0.395 e. The van der Waals surface area contributed by atoms with Crippen molar-refractivity contribution in [2.75, 3.05) is 25.5 Å². The molecule has 0 amide bonds. The molecule has 118 valence electrons. The van der Waals surface area contributed by atoms with E-state index in [1.807, 2.05) is 0 Å². The van der Waals surface area contributed by atoms with Crippen LogP contribution < -0.4 is 5.32 Å². The maximum Gasteiger partial charge on any atom is 0.247 e. The van der Waals surface area contributed by atoms with Crippen LogP contribution in [0.3, 0.4) is 0 Å². The number of aliphatic hydroxyl groups excluding tert-OH is 1. The average molecular weight is 378 g/mol. The Kier molecular flexibility index (Phi) is 5.59. The van der Waals surface area contributed by atoms with Crippen LogP contribution in [-0.4, -0.2) is 49.1 Å². The Labute approximate surface area is 133 Å². The molecule has 6 nitrogen and oxygen atoms in total. The SMILES string of the molecule is CNc1ncc(Br)cc1S(=O)(=O)N(CCO)C1CCCC1. The molecule has 0 unspecified atom stereocenters. The molecule has 1 aromatic heterocycles. The number of nitrogens with one attached hydrogen (secondary N) is 1. The zero-order valence-corrected chi connectivity index (χ0v) is 14.3. The fourth-order valence-corrected chi connectivity index (χ4v) is 5.06. The number of anilines is 1. The molecule has 1 heterocycles. The monoisotopic (exact) mass is 377 g/mol. The highest BCUT2D eigenvalue weighted by molar-refractivity contribution is 9.10. The van der Waals surface area contributed by atoms with E-state index in [0.717, 1.165) is 25.7 Å². The van der Waals surface area contributed by atoms with Crippen LogP contribution in [-0.2, 0) is 10.0 Å². The number of hydrogen-bond acceptors (Lipinski definition) is 5. The van der Waals surface area contributed by atoms with Crippen LogP contribution in [0.15, 0.2) is 21.6 Å². The molecular formula is C13H20BrN3O3S. The maximum absolute atomic E-state index is 13.0. The van der Waals surface area contributed by atoms with Gasteiger partial charge in [-0.15, -0.1) is 0 Å². The number of rotatable bonds is 6. The number of aromatic nitrogens is 1. The average Bonchev–Trinajstić information content (AvgIpc) is 2.98. The number of sulfonamides is 1. The second-order valence-electron chi connectivity index (χ2n) is 5.03. The molecule has 1 aliphatic rings. The summed E-state index contributed by atoms with van der Waals surface area (Å²) in [6.07, 6.45) is 5.29. The highest BCUT2D eigenvalue weighted by atomic mass is 79.9. The lowest BCUT2D eigenvalue weighted by Gasteiger charge is -2.28. The standard InChI is InChI=1S/C13H20BrN3O3S/c1-15-13-12(8-10(14)9-16-13)21(19,20)17(6-7-18)11-4-2-3-5-11/h8-9,11,18H,2-7H2,1H3,(H,15,16). The molecule has 1 saturated carbocycles. The molecule has 0 spiro atoms. The van der Waals surface area contributed by atoms with Gasteiger partial charge in [0.15, 0.2) is 0 Å². The van der Waals surface area contributed by atoms with E-state index in [0.29, 0.717) is 10.3 Å². The van der Waals surface area contributed by atoms with Crippen molar-refractivity contribution >= 4 is 31.8 Å². The Morgan fingerprint density at radius 3 is 2.71 bits per heavy atom. The third-order valence-corrected chi connectivity index (χ3v) is 6.09. The first-order valence-corrected chi connectivity index (χ1v) is 9.20. The number of halogens is 1. The summed E-state index contributed by atoms with van der Waals surface area (Å²) in [6.45, 7) is -0.0747. The lowest BCUT2D eigenvalue weighted by molar-refractivity contribution is 0.226. The van der Waals surface area contributed by atoms with Gasteiger partial charge in [-0.25, -0.2) is 13.4 Å². The molecule has 1 aliphatic carbocycles. The highest BCUT2D eigenvalue weighted by Gasteiger charge is 2.34. The molecule has 0 atom stereocenters. The summed E-state index contributed by atoms with van der Waals surface area (Å²) in [7, 11) is -2.05. The Bertz CT molecular complexity index is 588. The third-order valence-electron chi connectivity index (χ3n) is 3.70. The van der Waals surface area contributed by atoms with Crippen molar-refractivity contribution in [2.24, 2.45) is 0 Å². The molecular weight excluding hydrogens is 358 g/mol. The molecule has 0 saturated heterocycles. The molecule has 21 heavy (non-hydrogen) atoms. The van der Waals surface area contributed by atoms with Crippen LogP contribution in [0.5, 0.6) is 0 Å². The highest BCUT2D eigenvalue weighted by Crippen LogP contribution is 2.31. The molecule has 0 aliphatic heterocycles. The van der Waals surface area contributed by atoms with Crippen molar-refractivity contribution in [1.82, 2.24) is 9.29 Å². The van der Waals surface area contributed by atoms with Gasteiger partial charge < -0.3 is 10.4 Å². The van der Waals surface area contributed by atoms with Crippen LogP contribution in [0.1, 0.15) is 25.7 Å². The first-order valence-electron chi connectivity index (χ1n) is 6.96. The Balaban J connectivity index is 2.44. The molecule has 0 bridgehead atoms. The largest absolute Gasteiger partial charge is 0.395 e. The molecule has 8 heteroatoms. The molecule has 1 fully saturated rings. The van der Waals surface area contributed by atoms with Crippen molar-refractivity contribution in [3.05, 3.63) is 16.7 Å². The van der Waals surface area contributed by atoms with Gasteiger partial charge in [0.05, 0.1) is 6.61 Å². The number of nitrogens with zero attached hydrogens (tertiary/aromatic N) is 2. The van der Waals surface area contributed by atoms with Crippen molar-refractivity contribution in [1.29, 1.82) is 0 Å². The van der Waals surface area contributed by atoms with Gasteiger partial charge in [-0.2, -0.15) is 4.31 Å². The fraction of sp³-hybridized carbons (Fsp3) is 0.615. The third kappa shape index (κ3) is 3.56. The van der Waals surface area contributed by atoms with Crippen LogP contribution in [0.4, 0.5) is 5.82 Å². The molecule has 0 radical (unpaired) electrons. The quantitative estimate of drug-likeness (QED) is 0.789. The van der Waals surface area contributed by atoms with Crippen LogP contribution in [0.25, 0.3) is 0 Å². The van der Waals surface area contributed by atoms with Crippen LogP contribution >= 0.6 is 15.9 Å². The van der Waals surface area contributed by atoms with Gasteiger partial charge in [-0.1, -0.05) is 12.8 Å². The summed E-state index contributed by atoms with van der Waals surface area (Å²) in [5, 5.41) is 12.1. The van der Waals surface area contributed by atoms with Crippen LogP contribution in [0, 0.1) is 0 Å². The lowest BCUT2D eigenvalue weighted by atomic mass is 10.2. The summed E-state index contributed by atoms with van der Waals surface area (Å²) in [4.78, 5) is 4.24. The van der Waals surface area contributed by atoms with Crippen molar-refractivity contribution < 1.29 is 13.5 Å². The summed E-state index contributed by atoms with van der Waals surface area (Å²) >= 11 is 3.27. The smallest absolute Gasteiger partial charge is 0.247 e. The van der Waals surface area contributed by atoms with Gasteiger partial charge in [0.2, 0.25) is 10.0 Å². The van der Waals surface area contributed by atoms with E-state index >= 15 is 0 Å². The van der Waals surface area contributed by atoms with Crippen molar-refractivity contribution in [3.63, 3.8) is 0 Å². The van der Waals surface area contributed by atoms with Gasteiger partial charge in [0.25, 0.3) is 0 Å². The summed E-state index contributed by atoms with van der Waals surface area (Å²) in [5.41, 5.74) is 0. The summed E-state index contributed by atoms with van der Waals surface area (Å²) in [5.74, 6) is 0.319. The molecule has 0 aromatic carbocycles. The molecule has 2 N–H and O–H groups in total. The number of pyridine rings is 1. The zero-order chi connectivity index (χ0) is 15.5. The van der Waals surface area contributed by atoms with E-state index in [-0.39, 0.29) is 24.1 Å². The van der Waals surface area contributed by atoms with Crippen molar-refractivity contribution in [3.8, 4) is 0 Å². The predicted octanol–water partition coefficient (Wildman–Crippen LogP) is 1.81. The van der Waals surface area contributed by atoms with E-state index < -0.39 is 10.0 Å². The summed E-state index contributed by atoms with van der Waals surface area (Å²) in [6, 6.07) is 1.51. The van der Waals surface area contributed by atoms with E-state index in [9.17, 15) is 13.5 Å². The van der Waals surface area contributed by atoms with Crippen molar-refractivity contribution in [2.45, 2.75) is 36.6 Å². The lowest BCUT2D eigenvalue weighted by Crippen LogP contribution is -2.41. The number of hydrogen-bond donors (Lipinski definition) is 2.